The molecule has 1 saturated heterocycles. The fraction of sp³-hybridized carbons (Fsp3) is 0.444. The summed E-state index contributed by atoms with van der Waals surface area (Å²) in [5.74, 6) is 0.551. The van der Waals surface area contributed by atoms with Crippen molar-refractivity contribution in [1.82, 2.24) is 9.88 Å². The van der Waals surface area contributed by atoms with E-state index in [0.717, 1.165) is 34.2 Å². The van der Waals surface area contributed by atoms with Crippen LogP contribution in [0.4, 0.5) is 0 Å². The van der Waals surface area contributed by atoms with E-state index in [2.05, 4.69) is 22.0 Å². The second kappa shape index (κ2) is 8.42. The molecule has 1 aromatic heterocycles. The van der Waals surface area contributed by atoms with Crippen LogP contribution in [0.15, 0.2) is 35.3 Å². The molecule has 1 aromatic carbocycles. The third-order valence-corrected chi connectivity index (χ3v) is 5.12. The molecule has 0 amide bonds. The zero-order chi connectivity index (χ0) is 17.6. The first kappa shape index (κ1) is 17.8. The minimum atomic E-state index is 0.176. The highest BCUT2D eigenvalue weighted by Crippen LogP contribution is 2.31. The van der Waals surface area contributed by atoms with E-state index < -0.39 is 0 Å². The summed E-state index contributed by atoms with van der Waals surface area (Å²) in [6.07, 6.45) is 0.176. The minimum absolute atomic E-state index is 0.176. The van der Waals surface area contributed by atoms with E-state index in [9.17, 15) is 0 Å². The van der Waals surface area contributed by atoms with E-state index in [0.29, 0.717) is 25.7 Å². The van der Waals surface area contributed by atoms with E-state index in [1.54, 1.807) is 18.4 Å². The molecule has 0 aliphatic carbocycles. The average Bonchev–Trinajstić information content (AvgIpc) is 3.03. The van der Waals surface area contributed by atoms with Gasteiger partial charge in [0.05, 0.1) is 36.4 Å². The molecule has 1 aliphatic heterocycles. The van der Waals surface area contributed by atoms with Crippen molar-refractivity contribution in [2.24, 2.45) is 10.7 Å². The fourth-order valence-corrected chi connectivity index (χ4v) is 3.84. The molecular formula is C18H24N4O2S. The number of morpholine rings is 1. The maximum absolute atomic E-state index is 6.18. The Balaban J connectivity index is 1.80. The molecule has 0 saturated carbocycles. The Bertz CT molecular complexity index is 717. The number of hydrogen-bond donors (Lipinski definition) is 1. The standard InChI is InChI=1S/C18H24N4O2S/c1-13-11-22(8-9-24-13)18(19)20-10-15-17(14-6-4-3-5-7-14)25-16(21-15)12-23-2/h3-7,13H,8-12H2,1-2H3,(H2,19,20). The molecule has 0 radical (unpaired) electrons. The smallest absolute Gasteiger partial charge is 0.191 e. The number of thiazole rings is 1. The number of aromatic nitrogens is 1. The van der Waals surface area contributed by atoms with Crippen LogP contribution >= 0.6 is 11.3 Å². The topological polar surface area (TPSA) is 73.0 Å². The Morgan fingerprint density at radius 3 is 2.96 bits per heavy atom. The molecular weight excluding hydrogens is 336 g/mol. The summed E-state index contributed by atoms with van der Waals surface area (Å²) in [5.41, 5.74) is 8.27. The number of nitrogens with two attached hydrogens (primary N) is 1. The van der Waals surface area contributed by atoms with Crippen molar-refractivity contribution in [2.45, 2.75) is 26.2 Å². The van der Waals surface area contributed by atoms with Crippen LogP contribution in [-0.2, 0) is 22.6 Å². The second-order valence-electron chi connectivity index (χ2n) is 5.98. The van der Waals surface area contributed by atoms with Crippen LogP contribution in [-0.4, -0.2) is 48.8 Å². The lowest BCUT2D eigenvalue weighted by Crippen LogP contribution is -2.47. The number of rotatable bonds is 5. The predicted octanol–water partition coefficient (Wildman–Crippen LogP) is 2.49. The summed E-state index contributed by atoms with van der Waals surface area (Å²) in [7, 11) is 1.68. The number of aliphatic imine (C=N–C) groups is 1. The van der Waals surface area contributed by atoms with Crippen LogP contribution in [0.1, 0.15) is 17.6 Å². The van der Waals surface area contributed by atoms with Gasteiger partial charge in [0.15, 0.2) is 5.96 Å². The van der Waals surface area contributed by atoms with Gasteiger partial charge in [-0.25, -0.2) is 9.98 Å². The monoisotopic (exact) mass is 360 g/mol. The van der Waals surface area contributed by atoms with Crippen LogP contribution in [0.3, 0.4) is 0 Å². The quantitative estimate of drug-likeness (QED) is 0.655. The normalized spacial score (nSPS) is 18.6. The number of guanidine groups is 1. The van der Waals surface area contributed by atoms with Gasteiger partial charge < -0.3 is 20.1 Å². The van der Waals surface area contributed by atoms with Gasteiger partial charge in [-0.2, -0.15) is 0 Å². The largest absolute Gasteiger partial charge is 0.378 e. The molecule has 1 unspecified atom stereocenters. The van der Waals surface area contributed by atoms with Crippen molar-refractivity contribution in [3.8, 4) is 10.4 Å². The van der Waals surface area contributed by atoms with E-state index in [1.165, 1.54) is 0 Å². The maximum atomic E-state index is 6.18. The van der Waals surface area contributed by atoms with Crippen molar-refractivity contribution in [3.63, 3.8) is 0 Å². The highest BCUT2D eigenvalue weighted by Gasteiger charge is 2.19. The Morgan fingerprint density at radius 1 is 1.44 bits per heavy atom. The molecule has 0 bridgehead atoms. The SMILES string of the molecule is COCc1nc(CN=C(N)N2CCOC(C)C2)c(-c2ccccc2)s1. The molecule has 1 atom stereocenters. The molecule has 6 nitrogen and oxygen atoms in total. The summed E-state index contributed by atoms with van der Waals surface area (Å²) < 4.78 is 10.8. The van der Waals surface area contributed by atoms with Crippen LogP contribution in [0.2, 0.25) is 0 Å². The maximum Gasteiger partial charge on any atom is 0.191 e. The van der Waals surface area contributed by atoms with E-state index in [4.69, 9.17) is 20.2 Å². The third-order valence-electron chi connectivity index (χ3n) is 4.00. The predicted molar refractivity (Wildman–Crippen MR) is 101 cm³/mol. The molecule has 0 spiro atoms. The number of hydrogen-bond acceptors (Lipinski definition) is 5. The molecule has 134 valence electrons. The minimum Gasteiger partial charge on any atom is -0.378 e. The summed E-state index contributed by atoms with van der Waals surface area (Å²) in [5, 5.41) is 0.949. The summed E-state index contributed by atoms with van der Waals surface area (Å²) >= 11 is 1.65. The van der Waals surface area contributed by atoms with Gasteiger partial charge in [-0.1, -0.05) is 30.3 Å². The molecule has 2 heterocycles. The van der Waals surface area contributed by atoms with Crippen molar-refractivity contribution in [1.29, 1.82) is 0 Å². The molecule has 3 rings (SSSR count). The van der Waals surface area contributed by atoms with Crippen LogP contribution in [0.25, 0.3) is 10.4 Å². The van der Waals surface area contributed by atoms with Gasteiger partial charge in [0.2, 0.25) is 0 Å². The number of methoxy groups -OCH3 is 1. The lowest BCUT2D eigenvalue weighted by Gasteiger charge is -2.31. The van der Waals surface area contributed by atoms with Crippen LogP contribution < -0.4 is 5.73 Å². The Morgan fingerprint density at radius 2 is 2.24 bits per heavy atom. The molecule has 1 aliphatic rings. The zero-order valence-corrected chi connectivity index (χ0v) is 15.5. The molecule has 7 heteroatoms. The summed E-state index contributed by atoms with van der Waals surface area (Å²) in [6.45, 7) is 5.24. The Kier molecular flexibility index (Phi) is 6.01. The highest BCUT2D eigenvalue weighted by atomic mass is 32.1. The van der Waals surface area contributed by atoms with Gasteiger partial charge in [0, 0.05) is 20.2 Å². The average molecular weight is 360 g/mol. The van der Waals surface area contributed by atoms with Gasteiger partial charge in [-0.15, -0.1) is 11.3 Å². The van der Waals surface area contributed by atoms with Crippen molar-refractivity contribution in [2.75, 3.05) is 26.8 Å². The number of nitrogens with zero attached hydrogens (tertiary/aromatic N) is 3. The van der Waals surface area contributed by atoms with Gasteiger partial charge in [0.25, 0.3) is 0 Å². The molecule has 1 fully saturated rings. The Labute approximate surface area is 152 Å². The van der Waals surface area contributed by atoms with Gasteiger partial charge in [-0.05, 0) is 12.5 Å². The first-order valence-electron chi connectivity index (χ1n) is 8.36. The van der Waals surface area contributed by atoms with Gasteiger partial charge in [-0.3, -0.25) is 0 Å². The van der Waals surface area contributed by atoms with Crippen molar-refractivity contribution < 1.29 is 9.47 Å². The molecule has 2 N–H and O–H groups in total. The van der Waals surface area contributed by atoms with E-state index in [1.807, 2.05) is 25.1 Å². The Hall–Kier alpha value is -1.96. The van der Waals surface area contributed by atoms with E-state index >= 15 is 0 Å². The third kappa shape index (κ3) is 4.56. The first-order valence-corrected chi connectivity index (χ1v) is 9.18. The summed E-state index contributed by atoms with van der Waals surface area (Å²) in [6, 6.07) is 10.2. The fourth-order valence-electron chi connectivity index (χ4n) is 2.79. The number of ether oxygens (including phenoxy) is 2. The van der Waals surface area contributed by atoms with Crippen molar-refractivity contribution >= 4 is 17.3 Å². The first-order chi connectivity index (χ1) is 12.2. The summed E-state index contributed by atoms with van der Waals surface area (Å²) in [4.78, 5) is 12.5. The van der Waals surface area contributed by atoms with Crippen LogP contribution in [0.5, 0.6) is 0 Å². The highest BCUT2D eigenvalue weighted by molar-refractivity contribution is 7.15. The van der Waals surface area contributed by atoms with Gasteiger partial charge in [0.1, 0.15) is 5.01 Å². The van der Waals surface area contributed by atoms with Crippen molar-refractivity contribution in [3.05, 3.63) is 41.0 Å². The van der Waals surface area contributed by atoms with Gasteiger partial charge >= 0.3 is 0 Å². The zero-order valence-electron chi connectivity index (χ0n) is 14.6. The van der Waals surface area contributed by atoms with Crippen LogP contribution in [0, 0.1) is 0 Å². The number of benzene rings is 1. The lowest BCUT2D eigenvalue weighted by molar-refractivity contribution is 0.00528. The van der Waals surface area contributed by atoms with E-state index in [-0.39, 0.29) is 6.10 Å². The molecule has 25 heavy (non-hydrogen) atoms. The lowest BCUT2D eigenvalue weighted by atomic mass is 10.1. The second-order valence-corrected chi connectivity index (χ2v) is 7.07. The molecule has 2 aromatic rings.